The molecule has 1 aromatic carbocycles. The minimum absolute atomic E-state index is 0.0645. The highest BCUT2D eigenvalue weighted by molar-refractivity contribution is 7.13. The number of anilines is 1. The summed E-state index contributed by atoms with van der Waals surface area (Å²) < 4.78 is 6.79. The minimum atomic E-state index is -0.596. The number of amides is 1. The van der Waals surface area contributed by atoms with Gasteiger partial charge < -0.3 is 4.74 Å². The molecule has 0 unspecified atom stereocenters. The highest BCUT2D eigenvalue weighted by Crippen LogP contribution is 2.17. The summed E-state index contributed by atoms with van der Waals surface area (Å²) in [4.78, 5) is 28.1. The van der Waals surface area contributed by atoms with Gasteiger partial charge in [0.2, 0.25) is 0 Å². The molecule has 0 aliphatic heterocycles. The quantitative estimate of drug-likeness (QED) is 0.643. The van der Waals surface area contributed by atoms with Gasteiger partial charge in [0.1, 0.15) is 6.61 Å². The fourth-order valence-electron chi connectivity index (χ4n) is 2.13. The predicted molar refractivity (Wildman–Crippen MR) is 98.7 cm³/mol. The molecule has 0 spiro atoms. The number of ketones is 1. The van der Waals surface area contributed by atoms with Crippen LogP contribution in [0.15, 0.2) is 42.9 Å². The molecule has 0 fully saturated rings. The maximum Gasteiger partial charge on any atom is 0.412 e. The van der Waals surface area contributed by atoms with Crippen LogP contribution >= 0.6 is 22.9 Å². The number of benzene rings is 1. The van der Waals surface area contributed by atoms with Crippen LogP contribution in [0.1, 0.15) is 27.2 Å². The van der Waals surface area contributed by atoms with E-state index in [1.807, 2.05) is 12.1 Å². The van der Waals surface area contributed by atoms with Gasteiger partial charge in [-0.2, -0.15) is 5.10 Å². The smallest absolute Gasteiger partial charge is 0.412 e. The molecule has 2 aromatic heterocycles. The molecule has 1 N–H and O–H groups in total. The lowest BCUT2D eigenvalue weighted by molar-refractivity contribution is 0.101. The summed E-state index contributed by atoms with van der Waals surface area (Å²) in [5.74, 6) is -0.0645. The lowest BCUT2D eigenvalue weighted by Crippen LogP contribution is -2.13. The van der Waals surface area contributed by atoms with Crippen LogP contribution in [0, 0.1) is 0 Å². The van der Waals surface area contributed by atoms with Crippen LogP contribution in [0.25, 0.3) is 0 Å². The van der Waals surface area contributed by atoms with E-state index in [2.05, 4.69) is 15.4 Å². The predicted octanol–water partition coefficient (Wildman–Crippen LogP) is 3.99. The minimum Gasteiger partial charge on any atom is -0.444 e. The van der Waals surface area contributed by atoms with Gasteiger partial charge in [0.15, 0.2) is 10.8 Å². The third kappa shape index (κ3) is 4.68. The number of ether oxygens (including phenoxy) is 1. The number of carbonyl (C=O) groups is 2. The molecular weight excluding hydrogens is 376 g/mol. The van der Waals surface area contributed by atoms with Gasteiger partial charge in [-0.1, -0.05) is 29.8 Å². The first-order chi connectivity index (χ1) is 12.5. The van der Waals surface area contributed by atoms with Crippen molar-refractivity contribution < 1.29 is 14.3 Å². The number of Topliss-reactive ketones (excluding diaryl/α,β-unsaturated/α-hetero) is 1. The number of thiazole rings is 1. The summed E-state index contributed by atoms with van der Waals surface area (Å²) in [6.45, 7) is 2.02. The molecule has 134 valence electrons. The van der Waals surface area contributed by atoms with Crippen LogP contribution in [-0.2, 0) is 17.9 Å². The van der Waals surface area contributed by atoms with Crippen LogP contribution in [0.3, 0.4) is 0 Å². The van der Waals surface area contributed by atoms with E-state index in [1.165, 1.54) is 24.5 Å². The molecule has 1 amide bonds. The van der Waals surface area contributed by atoms with Gasteiger partial charge in [-0.25, -0.2) is 9.78 Å². The Morgan fingerprint density at radius 3 is 2.85 bits per heavy atom. The Hall–Kier alpha value is -2.71. The first kappa shape index (κ1) is 18.1. The van der Waals surface area contributed by atoms with Gasteiger partial charge in [0, 0.05) is 34.8 Å². The Kier molecular flexibility index (Phi) is 5.65. The summed E-state index contributed by atoms with van der Waals surface area (Å²) in [6.07, 6.45) is 4.24. The van der Waals surface area contributed by atoms with Crippen LogP contribution < -0.4 is 5.32 Å². The van der Waals surface area contributed by atoms with Crippen molar-refractivity contribution in [3.63, 3.8) is 0 Å². The third-order valence-electron chi connectivity index (χ3n) is 3.37. The molecule has 3 aromatic rings. The van der Waals surface area contributed by atoms with E-state index < -0.39 is 6.09 Å². The van der Waals surface area contributed by atoms with Crippen LogP contribution in [0.5, 0.6) is 0 Å². The summed E-state index contributed by atoms with van der Waals surface area (Å²) in [6, 6.07) is 7.16. The van der Waals surface area contributed by atoms with E-state index in [4.69, 9.17) is 16.3 Å². The van der Waals surface area contributed by atoms with Crippen molar-refractivity contribution in [2.45, 2.75) is 20.1 Å². The standard InChI is InChI=1S/C17H15ClN4O3S/c1-11(23)16-19-7-14(26-16)9-22-8-13(6-20-22)21-17(24)25-10-12-4-2-3-5-15(12)18/h2-8H,9-10H2,1H3,(H,21,24). The van der Waals surface area contributed by atoms with Crippen LogP contribution in [0.4, 0.5) is 10.5 Å². The molecule has 0 saturated heterocycles. The number of hydrogen-bond acceptors (Lipinski definition) is 6. The van der Waals surface area contributed by atoms with Crippen LogP contribution in [0.2, 0.25) is 5.02 Å². The second-order valence-electron chi connectivity index (χ2n) is 5.41. The second kappa shape index (κ2) is 8.11. The average Bonchev–Trinajstić information content (AvgIpc) is 3.24. The molecule has 26 heavy (non-hydrogen) atoms. The van der Waals surface area contributed by atoms with E-state index in [0.29, 0.717) is 22.3 Å². The maximum atomic E-state index is 11.9. The molecule has 0 radical (unpaired) electrons. The second-order valence-corrected chi connectivity index (χ2v) is 6.93. The van der Waals surface area contributed by atoms with Crippen molar-refractivity contribution in [3.05, 3.63) is 63.3 Å². The zero-order valence-electron chi connectivity index (χ0n) is 13.8. The Balaban J connectivity index is 1.53. The van der Waals surface area contributed by atoms with Gasteiger partial charge >= 0.3 is 6.09 Å². The van der Waals surface area contributed by atoms with Crippen molar-refractivity contribution in [1.82, 2.24) is 14.8 Å². The van der Waals surface area contributed by atoms with Crippen molar-refractivity contribution in [2.24, 2.45) is 0 Å². The Morgan fingerprint density at radius 1 is 1.31 bits per heavy atom. The average molecular weight is 391 g/mol. The van der Waals surface area contributed by atoms with Gasteiger partial charge in [-0.15, -0.1) is 11.3 Å². The summed E-state index contributed by atoms with van der Waals surface area (Å²) in [5, 5.41) is 7.79. The lowest BCUT2D eigenvalue weighted by Gasteiger charge is -2.06. The molecule has 0 aliphatic carbocycles. The third-order valence-corrected chi connectivity index (χ3v) is 4.82. The Morgan fingerprint density at radius 2 is 2.12 bits per heavy atom. The first-order valence-corrected chi connectivity index (χ1v) is 8.86. The van der Waals surface area contributed by atoms with Gasteiger partial charge in [0.25, 0.3) is 0 Å². The molecular formula is C17H15ClN4O3S. The number of nitrogens with zero attached hydrogens (tertiary/aromatic N) is 3. The topological polar surface area (TPSA) is 86.1 Å². The number of hydrogen-bond donors (Lipinski definition) is 1. The van der Waals surface area contributed by atoms with Gasteiger partial charge in [0.05, 0.1) is 18.4 Å². The normalized spacial score (nSPS) is 10.5. The van der Waals surface area contributed by atoms with Crippen molar-refractivity contribution in [2.75, 3.05) is 5.32 Å². The zero-order chi connectivity index (χ0) is 18.5. The van der Waals surface area contributed by atoms with Crippen molar-refractivity contribution in [1.29, 1.82) is 0 Å². The fraction of sp³-hybridized carbons (Fsp3) is 0.176. The number of nitrogens with one attached hydrogen (secondary N) is 1. The van der Waals surface area contributed by atoms with E-state index in [1.54, 1.807) is 29.2 Å². The summed E-state index contributed by atoms with van der Waals surface area (Å²) in [7, 11) is 0. The highest BCUT2D eigenvalue weighted by Gasteiger charge is 2.10. The molecule has 0 saturated carbocycles. The monoisotopic (exact) mass is 390 g/mol. The molecule has 0 bridgehead atoms. The molecule has 0 aliphatic rings. The fourth-order valence-corrected chi connectivity index (χ4v) is 3.12. The van der Waals surface area contributed by atoms with Crippen LogP contribution in [-0.4, -0.2) is 26.6 Å². The van der Waals surface area contributed by atoms with Gasteiger partial charge in [-0.3, -0.25) is 14.8 Å². The maximum absolute atomic E-state index is 11.9. The molecule has 3 rings (SSSR count). The first-order valence-electron chi connectivity index (χ1n) is 7.66. The van der Waals surface area contributed by atoms with E-state index in [9.17, 15) is 9.59 Å². The highest BCUT2D eigenvalue weighted by atomic mass is 35.5. The van der Waals surface area contributed by atoms with Crippen molar-refractivity contribution >= 4 is 40.5 Å². The molecule has 0 atom stereocenters. The number of rotatable bonds is 6. The number of halogens is 1. The van der Waals surface area contributed by atoms with E-state index in [0.717, 1.165) is 10.4 Å². The Bertz CT molecular complexity index is 937. The molecule has 7 nitrogen and oxygen atoms in total. The van der Waals surface area contributed by atoms with Crippen molar-refractivity contribution in [3.8, 4) is 0 Å². The molecule has 2 heterocycles. The number of aromatic nitrogens is 3. The Labute approximate surface area is 158 Å². The summed E-state index contributed by atoms with van der Waals surface area (Å²) in [5.41, 5.74) is 1.23. The zero-order valence-corrected chi connectivity index (χ0v) is 15.4. The largest absolute Gasteiger partial charge is 0.444 e. The summed E-state index contributed by atoms with van der Waals surface area (Å²) >= 11 is 7.34. The number of carbonyl (C=O) groups excluding carboxylic acids is 2. The SMILES string of the molecule is CC(=O)c1ncc(Cn2cc(NC(=O)OCc3ccccc3Cl)cn2)s1. The molecule has 9 heteroatoms. The lowest BCUT2D eigenvalue weighted by atomic mass is 10.2. The van der Waals surface area contributed by atoms with E-state index in [-0.39, 0.29) is 12.4 Å². The van der Waals surface area contributed by atoms with E-state index >= 15 is 0 Å². The van der Waals surface area contributed by atoms with Gasteiger partial charge in [-0.05, 0) is 6.07 Å².